The van der Waals surface area contributed by atoms with Crippen molar-refractivity contribution in [2.45, 2.75) is 19.4 Å². The van der Waals surface area contributed by atoms with E-state index in [0.717, 1.165) is 11.6 Å². The van der Waals surface area contributed by atoms with Gasteiger partial charge in [0.15, 0.2) is 0 Å². The number of hydrogen-bond acceptors (Lipinski definition) is 3. The number of carbonyl (C=O) groups excluding carboxylic acids is 1. The van der Waals surface area contributed by atoms with Crippen LogP contribution in [0.25, 0.3) is 0 Å². The summed E-state index contributed by atoms with van der Waals surface area (Å²) >= 11 is 5.90. The van der Waals surface area contributed by atoms with Crippen molar-refractivity contribution in [3.05, 3.63) is 34.9 Å². The molecule has 0 N–H and O–H groups in total. The highest BCUT2D eigenvalue weighted by Crippen LogP contribution is 2.22. The van der Waals surface area contributed by atoms with Gasteiger partial charge in [0.2, 0.25) is 0 Å². The first-order valence-corrected chi connectivity index (χ1v) is 7.02. The van der Waals surface area contributed by atoms with Gasteiger partial charge in [-0.25, -0.2) is 0 Å². The summed E-state index contributed by atoms with van der Waals surface area (Å²) in [6.07, 6.45) is 0.549. The summed E-state index contributed by atoms with van der Waals surface area (Å²) in [6.45, 7) is 4.00. The molecule has 0 aliphatic carbocycles. The average Bonchev–Trinajstić information content (AvgIpc) is 2.41. The second kappa shape index (κ2) is 6.51. The smallest absolute Gasteiger partial charge is 0.141 e. The fourth-order valence-electron chi connectivity index (χ4n) is 2.35. The van der Waals surface area contributed by atoms with Crippen LogP contribution in [0.2, 0.25) is 5.02 Å². The molecule has 2 unspecified atom stereocenters. The largest absolute Gasteiger partial charge is 0.380 e. The van der Waals surface area contributed by atoms with E-state index in [2.05, 4.69) is 11.8 Å². The molecule has 1 aliphatic rings. The second-order valence-electron chi connectivity index (χ2n) is 5.16. The van der Waals surface area contributed by atoms with Crippen molar-refractivity contribution in [2.24, 2.45) is 5.92 Å². The number of hydrogen-bond donors (Lipinski definition) is 0. The molecule has 2 atom stereocenters. The predicted octanol–water partition coefficient (Wildman–Crippen LogP) is 2.94. The van der Waals surface area contributed by atoms with Crippen molar-refractivity contribution < 1.29 is 9.53 Å². The van der Waals surface area contributed by atoms with E-state index in [4.69, 9.17) is 16.3 Å². The van der Waals surface area contributed by atoms with Crippen molar-refractivity contribution in [3.63, 3.8) is 0 Å². The maximum absolute atomic E-state index is 11.8. The summed E-state index contributed by atoms with van der Waals surface area (Å²) < 4.78 is 5.39. The Hall–Kier alpha value is -0.900. The van der Waals surface area contributed by atoms with Gasteiger partial charge < -0.3 is 4.74 Å². The van der Waals surface area contributed by atoms with Gasteiger partial charge in [0.25, 0.3) is 0 Å². The lowest BCUT2D eigenvalue weighted by molar-refractivity contribution is -0.131. The molecular formula is C15H20ClNO2. The Bertz CT molecular complexity index is 432. The van der Waals surface area contributed by atoms with Gasteiger partial charge in [0, 0.05) is 24.0 Å². The molecule has 0 spiro atoms. The van der Waals surface area contributed by atoms with Crippen molar-refractivity contribution in [1.29, 1.82) is 0 Å². The monoisotopic (exact) mass is 281 g/mol. The normalized spacial score (nSPS) is 21.7. The van der Waals surface area contributed by atoms with Crippen molar-refractivity contribution >= 4 is 17.4 Å². The van der Waals surface area contributed by atoms with Gasteiger partial charge in [-0.3, -0.25) is 9.69 Å². The molecule has 0 bridgehead atoms. The Balaban J connectivity index is 1.96. The number of benzene rings is 1. The van der Waals surface area contributed by atoms with Crippen LogP contribution in [0, 0.1) is 5.92 Å². The molecule has 3 nitrogen and oxygen atoms in total. The Labute approximate surface area is 119 Å². The summed E-state index contributed by atoms with van der Waals surface area (Å²) in [5.41, 5.74) is 1.20. The van der Waals surface area contributed by atoms with Crippen LogP contribution >= 0.6 is 11.6 Å². The first-order chi connectivity index (χ1) is 9.08. The van der Waals surface area contributed by atoms with Crippen LogP contribution in [0.15, 0.2) is 24.3 Å². The van der Waals surface area contributed by atoms with Crippen LogP contribution < -0.4 is 0 Å². The van der Waals surface area contributed by atoms with E-state index >= 15 is 0 Å². The van der Waals surface area contributed by atoms with E-state index in [0.29, 0.717) is 25.4 Å². The summed E-state index contributed by atoms with van der Waals surface area (Å²) in [5.74, 6) is 0.329. The molecule has 1 heterocycles. The first-order valence-electron chi connectivity index (χ1n) is 6.64. The van der Waals surface area contributed by atoms with Gasteiger partial charge in [-0.15, -0.1) is 0 Å². The predicted molar refractivity (Wildman–Crippen MR) is 76.4 cm³/mol. The third-order valence-corrected chi connectivity index (χ3v) is 4.04. The maximum Gasteiger partial charge on any atom is 0.141 e. The number of Topliss-reactive ketones (excluding diaryl/α,β-unsaturated/α-hetero) is 1. The number of halogens is 1. The fourth-order valence-corrected chi connectivity index (χ4v) is 2.48. The number of nitrogens with zero attached hydrogens (tertiary/aromatic N) is 1. The van der Waals surface area contributed by atoms with Crippen LogP contribution in [0.3, 0.4) is 0 Å². The molecule has 1 aromatic rings. The van der Waals surface area contributed by atoms with Crippen LogP contribution in [0.5, 0.6) is 0 Å². The number of ether oxygens (including phenoxy) is 1. The Morgan fingerprint density at radius 3 is 2.74 bits per heavy atom. The molecule has 0 radical (unpaired) electrons. The van der Waals surface area contributed by atoms with Crippen molar-refractivity contribution in [2.75, 3.05) is 26.8 Å². The quantitative estimate of drug-likeness (QED) is 0.850. The number of rotatable bonds is 4. The molecule has 0 saturated carbocycles. The number of carbonyl (C=O) groups is 1. The molecule has 0 amide bonds. The van der Waals surface area contributed by atoms with Crippen molar-refractivity contribution in [3.8, 4) is 0 Å². The van der Waals surface area contributed by atoms with E-state index in [-0.39, 0.29) is 12.0 Å². The zero-order valence-corrected chi connectivity index (χ0v) is 12.2. The van der Waals surface area contributed by atoms with Gasteiger partial charge in [-0.2, -0.15) is 0 Å². The van der Waals surface area contributed by atoms with Crippen LogP contribution in [-0.4, -0.2) is 37.5 Å². The Morgan fingerprint density at radius 1 is 1.42 bits per heavy atom. The highest BCUT2D eigenvalue weighted by Gasteiger charge is 2.25. The Kier molecular flexibility index (Phi) is 4.97. The molecule has 1 aliphatic heterocycles. The van der Waals surface area contributed by atoms with E-state index in [1.807, 2.05) is 31.3 Å². The van der Waals surface area contributed by atoms with E-state index < -0.39 is 0 Å². The topological polar surface area (TPSA) is 29.5 Å². The summed E-state index contributed by atoms with van der Waals surface area (Å²) in [4.78, 5) is 14.0. The molecule has 19 heavy (non-hydrogen) atoms. The minimum atomic E-state index is 0.00787. The SMILES string of the molecule is CC(c1ccc(Cl)cc1)N(C)CC1COCCC1=O. The highest BCUT2D eigenvalue weighted by atomic mass is 35.5. The highest BCUT2D eigenvalue weighted by molar-refractivity contribution is 6.30. The van der Waals surface area contributed by atoms with E-state index in [9.17, 15) is 4.79 Å². The first kappa shape index (κ1) is 14.5. The molecule has 0 aromatic heterocycles. The third-order valence-electron chi connectivity index (χ3n) is 3.79. The molecule has 104 valence electrons. The lowest BCUT2D eigenvalue weighted by Crippen LogP contribution is -2.37. The van der Waals surface area contributed by atoms with Crippen LogP contribution in [0.1, 0.15) is 24.9 Å². The lowest BCUT2D eigenvalue weighted by atomic mass is 9.98. The molecule has 1 aromatic carbocycles. The molecule has 1 fully saturated rings. The molecule has 2 rings (SSSR count). The van der Waals surface area contributed by atoms with Crippen molar-refractivity contribution in [1.82, 2.24) is 4.90 Å². The van der Waals surface area contributed by atoms with Gasteiger partial charge in [0.05, 0.1) is 19.1 Å². The zero-order chi connectivity index (χ0) is 13.8. The van der Waals surface area contributed by atoms with Gasteiger partial charge in [-0.1, -0.05) is 23.7 Å². The summed E-state index contributed by atoms with van der Waals surface area (Å²) in [5, 5.41) is 0.745. The standard InChI is InChI=1S/C15H20ClNO2/c1-11(12-3-5-14(16)6-4-12)17(2)9-13-10-19-8-7-15(13)18/h3-6,11,13H,7-10H2,1-2H3. The molecular weight excluding hydrogens is 262 g/mol. The van der Waals surface area contributed by atoms with E-state index in [1.54, 1.807) is 0 Å². The van der Waals surface area contributed by atoms with Gasteiger partial charge >= 0.3 is 0 Å². The third kappa shape index (κ3) is 3.78. The molecule has 1 saturated heterocycles. The van der Waals surface area contributed by atoms with Crippen LogP contribution in [0.4, 0.5) is 0 Å². The van der Waals surface area contributed by atoms with Crippen LogP contribution in [-0.2, 0) is 9.53 Å². The minimum absolute atomic E-state index is 0.00787. The number of ketones is 1. The fraction of sp³-hybridized carbons (Fsp3) is 0.533. The zero-order valence-electron chi connectivity index (χ0n) is 11.4. The van der Waals surface area contributed by atoms with Gasteiger partial charge in [0.1, 0.15) is 5.78 Å². The van der Waals surface area contributed by atoms with E-state index in [1.165, 1.54) is 5.56 Å². The maximum atomic E-state index is 11.8. The molecule has 4 heteroatoms. The summed E-state index contributed by atoms with van der Waals surface area (Å²) in [6, 6.07) is 8.12. The average molecular weight is 282 g/mol. The minimum Gasteiger partial charge on any atom is -0.380 e. The van der Waals surface area contributed by atoms with Gasteiger partial charge in [-0.05, 0) is 31.7 Å². The Morgan fingerprint density at radius 2 is 2.11 bits per heavy atom. The lowest BCUT2D eigenvalue weighted by Gasteiger charge is -2.30. The summed E-state index contributed by atoms with van der Waals surface area (Å²) in [7, 11) is 2.04. The second-order valence-corrected chi connectivity index (χ2v) is 5.59.